The molecule has 1 amide bonds. The number of aromatic nitrogens is 1. The van der Waals surface area contributed by atoms with E-state index in [-0.39, 0.29) is 23.0 Å². The lowest BCUT2D eigenvalue weighted by Gasteiger charge is -2.13. The Hall–Kier alpha value is -2.48. The number of nitrogens with two attached hydrogens (primary N) is 1. The number of rotatable bonds is 5. The number of nitrogens with one attached hydrogen (secondary N) is 1. The molecule has 110 valence electrons. The zero-order valence-electron chi connectivity index (χ0n) is 11.5. The highest BCUT2D eigenvalue weighted by molar-refractivity contribution is 7.11. The van der Waals surface area contributed by atoms with Crippen LogP contribution < -0.4 is 11.1 Å². The van der Waals surface area contributed by atoms with Gasteiger partial charge in [-0.1, -0.05) is 0 Å². The molecule has 1 atom stereocenters. The maximum Gasteiger partial charge on any atom is 0.292 e. The van der Waals surface area contributed by atoms with Gasteiger partial charge in [0.2, 0.25) is 5.91 Å². The number of amides is 1. The summed E-state index contributed by atoms with van der Waals surface area (Å²) in [6, 6.07) is 3.77. The second-order valence-electron chi connectivity index (χ2n) is 4.53. The molecule has 0 saturated carbocycles. The molecule has 0 aliphatic rings. The maximum atomic E-state index is 11.2. The number of nitro benzene ring substituents is 1. The first-order chi connectivity index (χ1) is 9.88. The van der Waals surface area contributed by atoms with Gasteiger partial charge in [0.1, 0.15) is 10.7 Å². The van der Waals surface area contributed by atoms with Gasteiger partial charge in [-0.15, -0.1) is 11.3 Å². The number of nitrogens with zero attached hydrogens (tertiary/aromatic N) is 2. The van der Waals surface area contributed by atoms with Crippen LogP contribution in [0.15, 0.2) is 24.4 Å². The average molecular weight is 306 g/mol. The Kier molecular flexibility index (Phi) is 4.18. The lowest BCUT2D eigenvalue weighted by Crippen LogP contribution is -2.13. The van der Waals surface area contributed by atoms with Gasteiger partial charge in [0.05, 0.1) is 11.0 Å². The van der Waals surface area contributed by atoms with Crippen molar-refractivity contribution in [3.63, 3.8) is 0 Å². The van der Waals surface area contributed by atoms with E-state index in [1.165, 1.54) is 29.5 Å². The Morgan fingerprint density at radius 2 is 2.24 bits per heavy atom. The number of thiazole rings is 1. The molecule has 8 heteroatoms. The smallest absolute Gasteiger partial charge is 0.292 e. The standard InChI is InChI=1S/C13H14N4O3S/c1-7-6-15-13(21-7)8(2)16-10-5-9(12(14)18)3-4-11(10)17(19)20/h3-6,8,16H,1-2H3,(H2,14,18). The fraction of sp³-hybridized carbons (Fsp3) is 0.231. The number of carbonyl (C=O) groups excluding carboxylic acids is 1. The van der Waals surface area contributed by atoms with Crippen molar-refractivity contribution in [3.8, 4) is 0 Å². The number of hydrogen-bond donors (Lipinski definition) is 2. The molecule has 7 nitrogen and oxygen atoms in total. The SMILES string of the molecule is Cc1cnc(C(C)Nc2cc(C(N)=O)ccc2[N+](=O)[O-])s1. The third-order valence-electron chi connectivity index (χ3n) is 2.86. The van der Waals surface area contributed by atoms with Gasteiger partial charge in [0.25, 0.3) is 5.69 Å². The minimum Gasteiger partial charge on any atom is -0.371 e. The maximum absolute atomic E-state index is 11.2. The number of hydrogen-bond acceptors (Lipinski definition) is 6. The van der Waals surface area contributed by atoms with Crippen LogP contribution in [0.3, 0.4) is 0 Å². The molecule has 0 fully saturated rings. The summed E-state index contributed by atoms with van der Waals surface area (Å²) in [6.07, 6.45) is 1.74. The van der Waals surface area contributed by atoms with Crippen molar-refractivity contribution in [2.75, 3.05) is 5.32 Å². The van der Waals surface area contributed by atoms with Crippen LogP contribution in [-0.4, -0.2) is 15.8 Å². The third kappa shape index (κ3) is 3.34. The van der Waals surface area contributed by atoms with Gasteiger partial charge in [-0.3, -0.25) is 14.9 Å². The first kappa shape index (κ1) is 14.9. The molecule has 2 rings (SSSR count). The van der Waals surface area contributed by atoms with E-state index in [9.17, 15) is 14.9 Å². The molecular formula is C13H14N4O3S. The summed E-state index contributed by atoms with van der Waals surface area (Å²) in [5, 5.41) is 14.9. The van der Waals surface area contributed by atoms with Crippen LogP contribution in [0, 0.1) is 17.0 Å². The van der Waals surface area contributed by atoms with Gasteiger partial charge in [0.15, 0.2) is 0 Å². The van der Waals surface area contributed by atoms with Gasteiger partial charge in [-0.05, 0) is 26.0 Å². The summed E-state index contributed by atoms with van der Waals surface area (Å²) in [5.74, 6) is -0.634. The second-order valence-corrected chi connectivity index (χ2v) is 5.79. The molecule has 2 aromatic rings. The molecule has 0 spiro atoms. The summed E-state index contributed by atoms with van der Waals surface area (Å²) in [7, 11) is 0. The van der Waals surface area contributed by atoms with Crippen LogP contribution in [0.25, 0.3) is 0 Å². The summed E-state index contributed by atoms with van der Waals surface area (Å²) in [6.45, 7) is 3.78. The van der Waals surface area contributed by atoms with Crippen molar-refractivity contribution in [2.45, 2.75) is 19.9 Å². The van der Waals surface area contributed by atoms with Gasteiger partial charge in [0, 0.05) is 22.7 Å². The predicted octanol–water partition coefficient (Wildman–Crippen LogP) is 2.63. The lowest BCUT2D eigenvalue weighted by atomic mass is 10.1. The minimum absolute atomic E-state index is 0.111. The normalized spacial score (nSPS) is 11.9. The van der Waals surface area contributed by atoms with Crippen LogP contribution in [0.5, 0.6) is 0 Å². The quantitative estimate of drug-likeness (QED) is 0.651. The largest absolute Gasteiger partial charge is 0.371 e. The molecule has 21 heavy (non-hydrogen) atoms. The van der Waals surface area contributed by atoms with Crippen molar-refractivity contribution in [2.24, 2.45) is 5.73 Å². The number of primary amides is 1. The Morgan fingerprint density at radius 1 is 1.52 bits per heavy atom. The topological polar surface area (TPSA) is 111 Å². The van der Waals surface area contributed by atoms with Gasteiger partial charge < -0.3 is 11.1 Å². The highest BCUT2D eigenvalue weighted by atomic mass is 32.1. The number of aryl methyl sites for hydroxylation is 1. The molecule has 1 aromatic heterocycles. The van der Waals surface area contributed by atoms with E-state index in [2.05, 4.69) is 10.3 Å². The molecule has 3 N–H and O–H groups in total. The number of anilines is 1. The van der Waals surface area contributed by atoms with Crippen LogP contribution in [0.4, 0.5) is 11.4 Å². The first-order valence-electron chi connectivity index (χ1n) is 6.15. The highest BCUT2D eigenvalue weighted by Gasteiger charge is 2.19. The van der Waals surface area contributed by atoms with Crippen molar-refractivity contribution in [1.82, 2.24) is 4.98 Å². The van der Waals surface area contributed by atoms with E-state index in [1.54, 1.807) is 6.20 Å². The van der Waals surface area contributed by atoms with Gasteiger partial charge in [-0.25, -0.2) is 4.98 Å². The Balaban J connectivity index is 2.34. The molecule has 1 unspecified atom stereocenters. The average Bonchev–Trinajstić information content (AvgIpc) is 2.85. The summed E-state index contributed by atoms with van der Waals surface area (Å²) in [4.78, 5) is 27.1. The zero-order chi connectivity index (χ0) is 15.6. The Bertz CT molecular complexity index is 698. The Labute approximate surface area is 125 Å². The van der Waals surface area contributed by atoms with Crippen LogP contribution in [0.1, 0.15) is 33.2 Å². The van der Waals surface area contributed by atoms with E-state index < -0.39 is 10.8 Å². The summed E-state index contributed by atoms with van der Waals surface area (Å²) < 4.78 is 0. The Morgan fingerprint density at radius 3 is 2.76 bits per heavy atom. The fourth-order valence-corrected chi connectivity index (χ4v) is 2.61. The van der Waals surface area contributed by atoms with Crippen molar-refractivity contribution in [1.29, 1.82) is 0 Å². The van der Waals surface area contributed by atoms with Crippen molar-refractivity contribution < 1.29 is 9.72 Å². The molecular weight excluding hydrogens is 292 g/mol. The van der Waals surface area contributed by atoms with Crippen molar-refractivity contribution >= 4 is 28.6 Å². The molecule has 0 radical (unpaired) electrons. The highest BCUT2D eigenvalue weighted by Crippen LogP contribution is 2.30. The van der Waals surface area contributed by atoms with Gasteiger partial charge in [-0.2, -0.15) is 0 Å². The van der Waals surface area contributed by atoms with E-state index in [1.807, 2.05) is 13.8 Å². The van der Waals surface area contributed by atoms with E-state index in [0.29, 0.717) is 0 Å². The lowest BCUT2D eigenvalue weighted by molar-refractivity contribution is -0.384. The molecule has 0 saturated heterocycles. The fourth-order valence-electron chi connectivity index (χ4n) is 1.83. The molecule has 0 aliphatic carbocycles. The molecule has 1 aromatic carbocycles. The number of benzene rings is 1. The predicted molar refractivity (Wildman–Crippen MR) is 80.5 cm³/mol. The molecule has 1 heterocycles. The van der Waals surface area contributed by atoms with E-state index in [0.717, 1.165) is 9.88 Å². The monoisotopic (exact) mass is 306 g/mol. The second kappa shape index (κ2) is 5.88. The minimum atomic E-state index is -0.634. The molecule has 0 bridgehead atoms. The first-order valence-corrected chi connectivity index (χ1v) is 6.97. The third-order valence-corrected chi connectivity index (χ3v) is 3.95. The van der Waals surface area contributed by atoms with Gasteiger partial charge >= 0.3 is 0 Å². The number of nitro groups is 1. The van der Waals surface area contributed by atoms with Crippen LogP contribution in [-0.2, 0) is 0 Å². The van der Waals surface area contributed by atoms with Crippen LogP contribution in [0.2, 0.25) is 0 Å². The van der Waals surface area contributed by atoms with Crippen LogP contribution >= 0.6 is 11.3 Å². The summed E-state index contributed by atoms with van der Waals surface area (Å²) >= 11 is 1.50. The summed E-state index contributed by atoms with van der Waals surface area (Å²) in [5.41, 5.74) is 5.56. The molecule has 0 aliphatic heterocycles. The zero-order valence-corrected chi connectivity index (χ0v) is 12.3. The van der Waals surface area contributed by atoms with E-state index >= 15 is 0 Å². The van der Waals surface area contributed by atoms with Crippen molar-refractivity contribution in [3.05, 3.63) is 50.0 Å². The van der Waals surface area contributed by atoms with E-state index in [4.69, 9.17) is 5.73 Å². The number of carbonyl (C=O) groups is 1.